The lowest BCUT2D eigenvalue weighted by Gasteiger charge is -2.33. The van der Waals surface area contributed by atoms with E-state index in [9.17, 15) is 18.0 Å². The molecule has 1 N–H and O–H groups in total. The van der Waals surface area contributed by atoms with E-state index in [1.807, 2.05) is 0 Å². The Hall–Kier alpha value is -2.00. The maximum Gasteiger partial charge on any atom is 0.244 e. The number of nitrogens with one attached hydrogen (secondary N) is 1. The number of halogens is 3. The number of anilines is 1. The first-order valence-electron chi connectivity index (χ1n) is 10.2. The van der Waals surface area contributed by atoms with Gasteiger partial charge in [0.1, 0.15) is 12.6 Å². The van der Waals surface area contributed by atoms with E-state index in [0.29, 0.717) is 23.6 Å². The molecule has 0 aliphatic carbocycles. The van der Waals surface area contributed by atoms with Crippen LogP contribution < -0.4 is 9.62 Å². The van der Waals surface area contributed by atoms with Gasteiger partial charge in [-0.25, -0.2) is 8.42 Å². The minimum Gasteiger partial charge on any atom is -0.355 e. The van der Waals surface area contributed by atoms with E-state index in [-0.39, 0.29) is 28.2 Å². The monoisotopic (exact) mass is 533 g/mol. The van der Waals surface area contributed by atoms with Crippen LogP contribution >= 0.6 is 34.8 Å². The molecule has 0 heterocycles. The van der Waals surface area contributed by atoms with Crippen molar-refractivity contribution in [2.45, 2.75) is 32.9 Å². The van der Waals surface area contributed by atoms with E-state index < -0.39 is 28.5 Å². The third kappa shape index (κ3) is 7.50. The average Bonchev–Trinajstić information content (AvgIpc) is 2.71. The van der Waals surface area contributed by atoms with Crippen LogP contribution in [0.3, 0.4) is 0 Å². The van der Waals surface area contributed by atoms with Gasteiger partial charge in [-0.15, -0.1) is 0 Å². The summed E-state index contributed by atoms with van der Waals surface area (Å²) in [6.45, 7) is 3.43. The van der Waals surface area contributed by atoms with Gasteiger partial charge in [0, 0.05) is 28.2 Å². The van der Waals surface area contributed by atoms with Gasteiger partial charge in [-0.1, -0.05) is 59.9 Å². The Labute approximate surface area is 209 Å². The SMILES string of the molecule is CCNC(=O)C(CC)N(Cc1ccccc1Cl)C(=O)CN(c1cc(Cl)cc(Cl)c1)S(C)(=O)=O. The minimum atomic E-state index is -3.88. The molecular formula is C22H26Cl3N3O4S. The first-order valence-corrected chi connectivity index (χ1v) is 13.2. The van der Waals surface area contributed by atoms with Crippen LogP contribution in [0.15, 0.2) is 42.5 Å². The molecule has 0 fully saturated rings. The zero-order valence-electron chi connectivity index (χ0n) is 18.5. The minimum absolute atomic E-state index is 0.0298. The van der Waals surface area contributed by atoms with E-state index in [2.05, 4.69) is 5.32 Å². The van der Waals surface area contributed by atoms with Crippen LogP contribution in [0.25, 0.3) is 0 Å². The molecule has 180 valence electrons. The highest BCUT2D eigenvalue weighted by molar-refractivity contribution is 7.92. The highest BCUT2D eigenvalue weighted by Gasteiger charge is 2.32. The van der Waals surface area contributed by atoms with Gasteiger partial charge in [0.2, 0.25) is 21.8 Å². The fourth-order valence-corrected chi connectivity index (χ4v) is 4.86. The Kier molecular flexibility index (Phi) is 9.84. The van der Waals surface area contributed by atoms with E-state index >= 15 is 0 Å². The Bertz CT molecular complexity index is 1090. The summed E-state index contributed by atoms with van der Waals surface area (Å²) < 4.78 is 26.1. The number of amides is 2. The predicted molar refractivity (Wildman–Crippen MR) is 133 cm³/mol. The molecule has 11 heteroatoms. The molecule has 0 aliphatic heterocycles. The van der Waals surface area contributed by atoms with Crippen LogP contribution in [-0.4, -0.2) is 50.5 Å². The normalized spacial score (nSPS) is 12.2. The summed E-state index contributed by atoms with van der Waals surface area (Å²) in [7, 11) is -3.88. The summed E-state index contributed by atoms with van der Waals surface area (Å²) in [6.07, 6.45) is 1.30. The Morgan fingerprint density at radius 1 is 1.03 bits per heavy atom. The van der Waals surface area contributed by atoms with Gasteiger partial charge in [-0.2, -0.15) is 0 Å². The number of hydrogen-bond acceptors (Lipinski definition) is 4. The van der Waals surface area contributed by atoms with Crippen LogP contribution in [0.5, 0.6) is 0 Å². The quantitative estimate of drug-likeness (QED) is 0.491. The first-order chi connectivity index (χ1) is 15.5. The number of sulfonamides is 1. The lowest BCUT2D eigenvalue weighted by molar-refractivity contribution is -0.140. The van der Waals surface area contributed by atoms with Crippen LogP contribution in [-0.2, 0) is 26.2 Å². The number of hydrogen-bond donors (Lipinski definition) is 1. The molecule has 0 radical (unpaired) electrons. The summed E-state index contributed by atoms with van der Waals surface area (Å²) in [5.41, 5.74) is 0.777. The lowest BCUT2D eigenvalue weighted by atomic mass is 10.1. The molecule has 0 spiro atoms. The van der Waals surface area contributed by atoms with Crippen LogP contribution in [0.1, 0.15) is 25.8 Å². The standard InChI is InChI=1S/C22H26Cl3N3O4S/c1-4-20(22(30)26-5-2)27(13-15-8-6-7-9-19(15)25)21(29)14-28(33(3,31)32)18-11-16(23)10-17(24)12-18/h6-12,20H,4-5,13-14H2,1-3H3,(H,26,30). The topological polar surface area (TPSA) is 86.8 Å². The smallest absolute Gasteiger partial charge is 0.244 e. The van der Waals surface area contributed by atoms with Crippen molar-refractivity contribution in [3.8, 4) is 0 Å². The summed E-state index contributed by atoms with van der Waals surface area (Å²) in [4.78, 5) is 27.6. The van der Waals surface area contributed by atoms with Crippen molar-refractivity contribution in [3.63, 3.8) is 0 Å². The van der Waals surface area contributed by atoms with Crippen molar-refractivity contribution < 1.29 is 18.0 Å². The molecule has 1 unspecified atom stereocenters. The van der Waals surface area contributed by atoms with Crippen LogP contribution in [0.2, 0.25) is 15.1 Å². The van der Waals surface area contributed by atoms with Gasteiger partial charge in [0.25, 0.3) is 0 Å². The van der Waals surface area contributed by atoms with Crippen molar-refractivity contribution in [3.05, 3.63) is 63.1 Å². The number of carbonyl (C=O) groups excluding carboxylic acids is 2. The lowest BCUT2D eigenvalue weighted by Crippen LogP contribution is -2.52. The van der Waals surface area contributed by atoms with E-state index in [1.54, 1.807) is 38.1 Å². The molecule has 0 aliphatic rings. The van der Waals surface area contributed by atoms with Gasteiger partial charge in [0.05, 0.1) is 11.9 Å². The molecule has 0 saturated heterocycles. The molecule has 0 saturated carbocycles. The van der Waals surface area contributed by atoms with Gasteiger partial charge in [-0.05, 0) is 43.2 Å². The Morgan fingerprint density at radius 3 is 2.15 bits per heavy atom. The van der Waals surface area contributed by atoms with Gasteiger partial charge >= 0.3 is 0 Å². The number of benzene rings is 2. The number of rotatable bonds is 10. The Morgan fingerprint density at radius 2 is 1.64 bits per heavy atom. The molecule has 0 aromatic heterocycles. The molecule has 2 rings (SSSR count). The average molecular weight is 535 g/mol. The van der Waals surface area contributed by atoms with E-state index in [0.717, 1.165) is 10.6 Å². The maximum absolute atomic E-state index is 13.5. The van der Waals surface area contributed by atoms with Crippen molar-refractivity contribution >= 4 is 62.3 Å². The van der Waals surface area contributed by atoms with Crippen LogP contribution in [0.4, 0.5) is 5.69 Å². The fourth-order valence-electron chi connectivity index (χ4n) is 3.32. The molecule has 0 bridgehead atoms. The Balaban J connectivity index is 2.48. The van der Waals surface area contributed by atoms with Gasteiger partial charge in [-0.3, -0.25) is 13.9 Å². The van der Waals surface area contributed by atoms with E-state index in [1.165, 1.54) is 23.1 Å². The van der Waals surface area contributed by atoms with Crippen LogP contribution in [0, 0.1) is 0 Å². The second kappa shape index (κ2) is 11.9. The molecule has 2 amide bonds. The molecule has 7 nitrogen and oxygen atoms in total. The highest BCUT2D eigenvalue weighted by Crippen LogP contribution is 2.28. The third-order valence-corrected chi connectivity index (χ3v) is 6.80. The van der Waals surface area contributed by atoms with Crippen molar-refractivity contribution in [1.29, 1.82) is 0 Å². The van der Waals surface area contributed by atoms with Gasteiger partial charge < -0.3 is 10.2 Å². The summed E-state index contributed by atoms with van der Waals surface area (Å²) in [6, 6.07) is 10.4. The fraction of sp³-hybridized carbons (Fsp3) is 0.364. The van der Waals surface area contributed by atoms with Crippen molar-refractivity contribution in [2.24, 2.45) is 0 Å². The summed E-state index contributed by atoms with van der Waals surface area (Å²) in [5.74, 6) is -0.911. The largest absolute Gasteiger partial charge is 0.355 e. The molecule has 2 aromatic rings. The maximum atomic E-state index is 13.5. The molecular weight excluding hydrogens is 509 g/mol. The summed E-state index contributed by atoms with van der Waals surface area (Å²) >= 11 is 18.4. The summed E-state index contributed by atoms with van der Waals surface area (Å²) in [5, 5.41) is 3.61. The van der Waals surface area contributed by atoms with Gasteiger partial charge in [0.15, 0.2) is 0 Å². The number of likely N-dealkylation sites (N-methyl/N-ethyl adjacent to an activating group) is 1. The zero-order chi connectivity index (χ0) is 24.8. The van der Waals surface area contributed by atoms with E-state index in [4.69, 9.17) is 34.8 Å². The first kappa shape index (κ1) is 27.2. The zero-order valence-corrected chi connectivity index (χ0v) is 21.6. The molecule has 1 atom stereocenters. The second-order valence-electron chi connectivity index (χ2n) is 7.33. The predicted octanol–water partition coefficient (Wildman–Crippen LogP) is 4.36. The molecule has 33 heavy (non-hydrogen) atoms. The third-order valence-electron chi connectivity index (χ3n) is 4.85. The number of nitrogens with zero attached hydrogens (tertiary/aromatic N) is 2. The second-order valence-corrected chi connectivity index (χ2v) is 10.5. The molecule has 2 aromatic carbocycles. The van der Waals surface area contributed by atoms with Crippen molar-refractivity contribution in [2.75, 3.05) is 23.7 Å². The van der Waals surface area contributed by atoms with Crippen molar-refractivity contribution in [1.82, 2.24) is 10.2 Å². The highest BCUT2D eigenvalue weighted by atomic mass is 35.5. The number of carbonyl (C=O) groups is 2.